The van der Waals surface area contributed by atoms with Crippen molar-refractivity contribution in [1.29, 1.82) is 0 Å². The van der Waals surface area contributed by atoms with Gasteiger partial charge in [-0.25, -0.2) is 8.42 Å². The maximum atomic E-state index is 12.4. The predicted molar refractivity (Wildman–Crippen MR) is 71.6 cm³/mol. The summed E-state index contributed by atoms with van der Waals surface area (Å²) in [5.74, 6) is -2.10. The van der Waals surface area contributed by atoms with Crippen molar-refractivity contribution in [1.82, 2.24) is 4.90 Å². The highest BCUT2D eigenvalue weighted by atomic mass is 32.2. The standard InChI is InChI=1S/C12H18N2O5S/c13-9-2-1-8(5-9)12(17)14(6-11(15)16)10-3-4-20(18,19)7-10/h1-2,8-10H,3-7,13H2,(H,15,16). The highest BCUT2D eigenvalue weighted by molar-refractivity contribution is 7.91. The maximum absolute atomic E-state index is 12.4. The van der Waals surface area contributed by atoms with Crippen LogP contribution in [0.25, 0.3) is 0 Å². The fourth-order valence-corrected chi connectivity index (χ4v) is 4.41. The molecule has 3 N–H and O–H groups in total. The quantitative estimate of drug-likeness (QED) is 0.642. The van der Waals surface area contributed by atoms with Gasteiger partial charge in [-0.2, -0.15) is 0 Å². The van der Waals surface area contributed by atoms with Crippen LogP contribution in [0.5, 0.6) is 0 Å². The van der Waals surface area contributed by atoms with Gasteiger partial charge in [-0.3, -0.25) is 9.59 Å². The lowest BCUT2D eigenvalue weighted by atomic mass is 10.0. The van der Waals surface area contributed by atoms with Gasteiger partial charge in [0.1, 0.15) is 6.54 Å². The zero-order valence-corrected chi connectivity index (χ0v) is 11.8. The van der Waals surface area contributed by atoms with E-state index in [1.807, 2.05) is 0 Å². The number of hydrogen-bond acceptors (Lipinski definition) is 5. The third-order valence-electron chi connectivity index (χ3n) is 3.67. The molecule has 1 fully saturated rings. The fraction of sp³-hybridized carbons (Fsp3) is 0.667. The Kier molecular flexibility index (Phi) is 4.14. The Morgan fingerprint density at radius 2 is 2.05 bits per heavy atom. The minimum atomic E-state index is -3.17. The number of sulfone groups is 1. The lowest BCUT2D eigenvalue weighted by Gasteiger charge is -2.28. The molecule has 2 rings (SSSR count). The van der Waals surface area contributed by atoms with E-state index in [0.29, 0.717) is 12.8 Å². The Hall–Kier alpha value is -1.41. The van der Waals surface area contributed by atoms with Crippen molar-refractivity contribution >= 4 is 21.7 Å². The van der Waals surface area contributed by atoms with Crippen molar-refractivity contribution in [2.45, 2.75) is 24.9 Å². The van der Waals surface area contributed by atoms with Crippen LogP contribution in [0, 0.1) is 5.92 Å². The van der Waals surface area contributed by atoms with E-state index in [-0.39, 0.29) is 23.5 Å². The molecule has 1 saturated heterocycles. The van der Waals surface area contributed by atoms with Crippen molar-refractivity contribution in [3.05, 3.63) is 12.2 Å². The summed E-state index contributed by atoms with van der Waals surface area (Å²) in [6.45, 7) is -0.474. The summed E-state index contributed by atoms with van der Waals surface area (Å²) in [5, 5.41) is 8.93. The lowest BCUT2D eigenvalue weighted by Crippen LogP contribution is -2.46. The summed E-state index contributed by atoms with van der Waals surface area (Å²) < 4.78 is 23.0. The molecule has 0 saturated carbocycles. The minimum Gasteiger partial charge on any atom is -0.480 e. The molecule has 0 bridgehead atoms. The second-order valence-electron chi connectivity index (χ2n) is 5.31. The monoisotopic (exact) mass is 302 g/mol. The molecule has 0 aromatic carbocycles. The van der Waals surface area contributed by atoms with Crippen molar-refractivity contribution in [3.8, 4) is 0 Å². The van der Waals surface area contributed by atoms with Crippen LogP contribution in [0.15, 0.2) is 12.2 Å². The van der Waals surface area contributed by atoms with Gasteiger partial charge in [-0.1, -0.05) is 12.2 Å². The number of aliphatic carboxylic acids is 1. The van der Waals surface area contributed by atoms with Gasteiger partial charge in [-0.15, -0.1) is 0 Å². The molecule has 3 atom stereocenters. The van der Waals surface area contributed by atoms with Crippen LogP contribution >= 0.6 is 0 Å². The molecule has 3 unspecified atom stereocenters. The van der Waals surface area contributed by atoms with Crippen LogP contribution in [-0.2, 0) is 19.4 Å². The van der Waals surface area contributed by atoms with Gasteiger partial charge in [0.2, 0.25) is 5.91 Å². The summed E-state index contributed by atoms with van der Waals surface area (Å²) in [4.78, 5) is 24.5. The molecule has 0 aromatic heterocycles. The maximum Gasteiger partial charge on any atom is 0.323 e. The van der Waals surface area contributed by atoms with E-state index >= 15 is 0 Å². The van der Waals surface area contributed by atoms with E-state index < -0.39 is 34.3 Å². The summed E-state index contributed by atoms with van der Waals surface area (Å²) in [6, 6.07) is -0.753. The number of carbonyl (C=O) groups is 2. The first-order valence-electron chi connectivity index (χ1n) is 6.45. The molecule has 2 aliphatic rings. The molecule has 1 heterocycles. The molecule has 8 heteroatoms. The van der Waals surface area contributed by atoms with Crippen LogP contribution in [0.4, 0.5) is 0 Å². The first kappa shape index (κ1) is 15.0. The van der Waals surface area contributed by atoms with E-state index in [1.165, 1.54) is 4.90 Å². The average Bonchev–Trinajstić information content (AvgIpc) is 2.91. The number of carboxylic acids is 1. The molecule has 0 aromatic rings. The molecule has 112 valence electrons. The molecular formula is C12H18N2O5S. The first-order chi connectivity index (χ1) is 9.28. The van der Waals surface area contributed by atoms with Crippen molar-refractivity contribution in [2.24, 2.45) is 11.7 Å². The Labute approximate surface area is 117 Å². The number of rotatable bonds is 4. The van der Waals surface area contributed by atoms with Crippen molar-refractivity contribution in [2.75, 3.05) is 18.1 Å². The van der Waals surface area contributed by atoms with E-state index in [1.54, 1.807) is 12.2 Å². The Morgan fingerprint density at radius 1 is 1.35 bits per heavy atom. The average molecular weight is 302 g/mol. The van der Waals surface area contributed by atoms with Gasteiger partial charge in [0.25, 0.3) is 0 Å². The zero-order chi connectivity index (χ0) is 14.9. The normalized spacial score (nSPS) is 31.4. The Morgan fingerprint density at radius 3 is 2.50 bits per heavy atom. The van der Waals surface area contributed by atoms with Gasteiger partial charge < -0.3 is 15.7 Å². The Balaban J connectivity index is 2.13. The number of nitrogens with two attached hydrogens (primary N) is 1. The number of carbonyl (C=O) groups excluding carboxylic acids is 1. The second kappa shape index (κ2) is 5.53. The van der Waals surface area contributed by atoms with Gasteiger partial charge in [0, 0.05) is 12.1 Å². The van der Waals surface area contributed by atoms with Crippen LogP contribution < -0.4 is 5.73 Å². The SMILES string of the molecule is NC1C=CC(C(=O)N(CC(=O)O)C2CCS(=O)(=O)C2)C1. The number of carboxylic acid groups (broad SMARTS) is 1. The molecule has 7 nitrogen and oxygen atoms in total. The van der Waals surface area contributed by atoms with Crippen LogP contribution in [0.3, 0.4) is 0 Å². The third kappa shape index (κ3) is 3.37. The predicted octanol–water partition coefficient (Wildman–Crippen LogP) is -1.01. The van der Waals surface area contributed by atoms with Crippen LogP contribution in [-0.4, -0.2) is 60.4 Å². The highest BCUT2D eigenvalue weighted by Gasteiger charge is 2.38. The molecule has 1 aliphatic carbocycles. The number of nitrogens with zero attached hydrogens (tertiary/aromatic N) is 1. The van der Waals surface area contributed by atoms with Crippen LogP contribution in [0.2, 0.25) is 0 Å². The van der Waals surface area contributed by atoms with Crippen molar-refractivity contribution < 1.29 is 23.1 Å². The van der Waals surface area contributed by atoms with Crippen LogP contribution in [0.1, 0.15) is 12.8 Å². The minimum absolute atomic E-state index is 0.00108. The Bertz CT molecular complexity index is 542. The highest BCUT2D eigenvalue weighted by Crippen LogP contribution is 2.24. The molecule has 1 aliphatic heterocycles. The molecular weight excluding hydrogens is 284 g/mol. The third-order valence-corrected chi connectivity index (χ3v) is 5.42. The van der Waals surface area contributed by atoms with E-state index in [9.17, 15) is 18.0 Å². The summed E-state index contributed by atoms with van der Waals surface area (Å²) in [6.07, 6.45) is 4.12. The molecule has 0 radical (unpaired) electrons. The topological polar surface area (TPSA) is 118 Å². The lowest BCUT2D eigenvalue weighted by molar-refractivity contribution is -0.147. The summed E-state index contributed by atoms with van der Waals surface area (Å²) in [5.41, 5.74) is 5.69. The summed E-state index contributed by atoms with van der Waals surface area (Å²) in [7, 11) is -3.17. The molecule has 1 amide bonds. The van der Waals surface area contributed by atoms with Gasteiger partial charge in [0.15, 0.2) is 9.84 Å². The van der Waals surface area contributed by atoms with E-state index in [4.69, 9.17) is 10.8 Å². The molecule has 0 spiro atoms. The fourth-order valence-electron chi connectivity index (χ4n) is 2.68. The number of amides is 1. The largest absolute Gasteiger partial charge is 0.480 e. The van der Waals surface area contributed by atoms with E-state index in [2.05, 4.69) is 0 Å². The number of hydrogen-bond donors (Lipinski definition) is 2. The smallest absolute Gasteiger partial charge is 0.323 e. The first-order valence-corrected chi connectivity index (χ1v) is 8.27. The van der Waals surface area contributed by atoms with Gasteiger partial charge >= 0.3 is 5.97 Å². The summed E-state index contributed by atoms with van der Waals surface area (Å²) >= 11 is 0. The van der Waals surface area contributed by atoms with Crippen molar-refractivity contribution in [3.63, 3.8) is 0 Å². The zero-order valence-electron chi connectivity index (χ0n) is 10.9. The van der Waals surface area contributed by atoms with Gasteiger partial charge in [-0.05, 0) is 12.8 Å². The van der Waals surface area contributed by atoms with E-state index in [0.717, 1.165) is 0 Å². The molecule has 20 heavy (non-hydrogen) atoms. The second-order valence-corrected chi connectivity index (χ2v) is 7.54. The van der Waals surface area contributed by atoms with Gasteiger partial charge in [0.05, 0.1) is 17.4 Å².